The highest BCUT2D eigenvalue weighted by atomic mass is 32.2. The van der Waals surface area contributed by atoms with Gasteiger partial charge in [-0.25, -0.2) is 8.42 Å². The largest absolute Gasteiger partial charge is 0.376 e. The van der Waals surface area contributed by atoms with Crippen LogP contribution in [0, 0.1) is 6.92 Å². The molecule has 2 heterocycles. The molecule has 1 atom stereocenters. The minimum absolute atomic E-state index is 0.0611. The fourth-order valence-corrected chi connectivity index (χ4v) is 5.15. The molecule has 1 amide bonds. The molecular formula is C18H26N2O4S. The zero-order valence-corrected chi connectivity index (χ0v) is 15.5. The molecule has 138 valence electrons. The Balaban J connectivity index is 1.76. The number of nitrogens with zero attached hydrogens (tertiary/aromatic N) is 1. The molecule has 2 aliphatic rings. The van der Waals surface area contributed by atoms with Crippen molar-refractivity contribution in [2.24, 2.45) is 0 Å². The molecule has 0 radical (unpaired) electrons. The van der Waals surface area contributed by atoms with E-state index in [0.29, 0.717) is 30.8 Å². The van der Waals surface area contributed by atoms with Crippen LogP contribution in [0.25, 0.3) is 0 Å². The molecule has 1 aromatic rings. The van der Waals surface area contributed by atoms with Crippen LogP contribution in [-0.2, 0) is 14.8 Å². The second-order valence-electron chi connectivity index (χ2n) is 6.79. The van der Waals surface area contributed by atoms with E-state index >= 15 is 0 Å². The number of piperidine rings is 1. The Morgan fingerprint density at radius 1 is 1.24 bits per heavy atom. The molecule has 1 N–H and O–H groups in total. The molecule has 0 saturated carbocycles. The van der Waals surface area contributed by atoms with Crippen molar-refractivity contribution in [2.75, 3.05) is 26.2 Å². The lowest BCUT2D eigenvalue weighted by atomic mass is 10.1. The highest BCUT2D eigenvalue weighted by molar-refractivity contribution is 7.89. The normalized spacial score (nSPS) is 22.0. The second kappa shape index (κ2) is 7.85. The van der Waals surface area contributed by atoms with E-state index in [-0.39, 0.29) is 16.9 Å². The van der Waals surface area contributed by atoms with Crippen LogP contribution >= 0.6 is 0 Å². The van der Waals surface area contributed by atoms with Crippen LogP contribution in [0.1, 0.15) is 48.0 Å². The van der Waals surface area contributed by atoms with Crippen molar-refractivity contribution in [2.45, 2.75) is 50.0 Å². The zero-order chi connectivity index (χ0) is 17.9. The second-order valence-corrected chi connectivity index (χ2v) is 8.70. The maximum Gasteiger partial charge on any atom is 0.251 e. The van der Waals surface area contributed by atoms with Gasteiger partial charge in [-0.2, -0.15) is 4.31 Å². The van der Waals surface area contributed by atoms with E-state index < -0.39 is 10.0 Å². The molecule has 3 rings (SSSR count). The van der Waals surface area contributed by atoms with Crippen molar-refractivity contribution >= 4 is 15.9 Å². The Kier molecular flexibility index (Phi) is 5.76. The van der Waals surface area contributed by atoms with E-state index in [9.17, 15) is 13.2 Å². The first-order valence-electron chi connectivity index (χ1n) is 8.99. The SMILES string of the molecule is Cc1ccc(C(=O)NC[C@@H]2CCCO2)cc1S(=O)(=O)N1CCCCC1. The quantitative estimate of drug-likeness (QED) is 0.866. The fourth-order valence-electron chi connectivity index (χ4n) is 3.38. The lowest BCUT2D eigenvalue weighted by Gasteiger charge is -2.26. The summed E-state index contributed by atoms with van der Waals surface area (Å²) in [6.45, 7) is 4.07. The Labute approximate surface area is 149 Å². The summed E-state index contributed by atoms with van der Waals surface area (Å²) in [5, 5.41) is 2.85. The van der Waals surface area contributed by atoms with Gasteiger partial charge < -0.3 is 10.1 Å². The molecule has 0 aliphatic carbocycles. The van der Waals surface area contributed by atoms with Crippen LogP contribution in [0.3, 0.4) is 0 Å². The summed E-state index contributed by atoms with van der Waals surface area (Å²) in [6.07, 6.45) is 4.87. The molecule has 25 heavy (non-hydrogen) atoms. The number of aryl methyl sites for hydroxylation is 1. The van der Waals surface area contributed by atoms with Crippen LogP contribution in [0.15, 0.2) is 23.1 Å². The molecule has 2 aliphatic heterocycles. The first-order valence-corrected chi connectivity index (χ1v) is 10.4. The highest BCUT2D eigenvalue weighted by Crippen LogP contribution is 2.24. The first-order chi connectivity index (χ1) is 12.0. The van der Waals surface area contributed by atoms with E-state index in [0.717, 1.165) is 38.7 Å². The first kappa shape index (κ1) is 18.4. The van der Waals surface area contributed by atoms with Gasteiger partial charge in [-0.3, -0.25) is 4.79 Å². The van der Waals surface area contributed by atoms with Crippen molar-refractivity contribution in [3.63, 3.8) is 0 Å². The lowest BCUT2D eigenvalue weighted by Crippen LogP contribution is -2.36. The molecule has 0 unspecified atom stereocenters. The van der Waals surface area contributed by atoms with Crippen molar-refractivity contribution < 1.29 is 17.9 Å². The predicted octanol–water partition coefficient (Wildman–Crippen LogP) is 2.08. The van der Waals surface area contributed by atoms with E-state index in [2.05, 4.69) is 5.32 Å². The van der Waals surface area contributed by atoms with Crippen LogP contribution in [0.4, 0.5) is 0 Å². The van der Waals surface area contributed by atoms with E-state index in [4.69, 9.17) is 4.74 Å². The van der Waals surface area contributed by atoms with Crippen molar-refractivity contribution in [3.05, 3.63) is 29.3 Å². The van der Waals surface area contributed by atoms with Crippen LogP contribution in [0.5, 0.6) is 0 Å². The van der Waals surface area contributed by atoms with Gasteiger partial charge in [0.25, 0.3) is 5.91 Å². The minimum atomic E-state index is -3.55. The van der Waals surface area contributed by atoms with Gasteiger partial charge in [0.15, 0.2) is 0 Å². The average Bonchev–Trinajstić information content (AvgIpc) is 3.14. The van der Waals surface area contributed by atoms with Gasteiger partial charge in [-0.1, -0.05) is 12.5 Å². The number of ether oxygens (including phenoxy) is 1. The number of amides is 1. The van der Waals surface area contributed by atoms with Gasteiger partial charge in [-0.15, -0.1) is 0 Å². The molecule has 6 nitrogen and oxygen atoms in total. The maximum absolute atomic E-state index is 12.9. The number of hydrogen-bond donors (Lipinski definition) is 1. The predicted molar refractivity (Wildman–Crippen MR) is 95.1 cm³/mol. The maximum atomic E-state index is 12.9. The Bertz CT molecular complexity index is 721. The molecule has 1 aromatic carbocycles. The Morgan fingerprint density at radius 2 is 2.00 bits per heavy atom. The number of benzene rings is 1. The van der Waals surface area contributed by atoms with Crippen LogP contribution in [-0.4, -0.2) is 51.0 Å². The average molecular weight is 366 g/mol. The number of hydrogen-bond acceptors (Lipinski definition) is 4. The van der Waals surface area contributed by atoms with Crippen molar-refractivity contribution in [1.82, 2.24) is 9.62 Å². The fraction of sp³-hybridized carbons (Fsp3) is 0.611. The third-order valence-electron chi connectivity index (χ3n) is 4.90. The summed E-state index contributed by atoms with van der Waals surface area (Å²) < 4.78 is 32.9. The summed E-state index contributed by atoms with van der Waals surface area (Å²) in [5.74, 6) is -0.259. The van der Waals surface area contributed by atoms with Gasteiger partial charge >= 0.3 is 0 Å². The highest BCUT2D eigenvalue weighted by Gasteiger charge is 2.28. The molecule has 7 heteroatoms. The number of sulfonamides is 1. The summed E-state index contributed by atoms with van der Waals surface area (Å²) in [7, 11) is -3.55. The van der Waals surface area contributed by atoms with Crippen LogP contribution in [0.2, 0.25) is 0 Å². The topological polar surface area (TPSA) is 75.7 Å². The minimum Gasteiger partial charge on any atom is -0.376 e. The van der Waals surface area contributed by atoms with Gasteiger partial charge in [0, 0.05) is 31.8 Å². The lowest BCUT2D eigenvalue weighted by molar-refractivity contribution is 0.0857. The zero-order valence-electron chi connectivity index (χ0n) is 14.7. The third-order valence-corrected chi connectivity index (χ3v) is 6.94. The summed E-state index contributed by atoms with van der Waals surface area (Å²) >= 11 is 0. The number of nitrogens with one attached hydrogen (secondary N) is 1. The van der Waals surface area contributed by atoms with E-state index in [1.54, 1.807) is 19.1 Å². The summed E-state index contributed by atoms with van der Waals surface area (Å²) in [5.41, 5.74) is 1.04. The van der Waals surface area contributed by atoms with E-state index in [1.165, 1.54) is 10.4 Å². The number of carbonyl (C=O) groups excluding carboxylic acids is 1. The number of rotatable bonds is 5. The molecule has 0 aromatic heterocycles. The molecule has 2 saturated heterocycles. The van der Waals surface area contributed by atoms with Gasteiger partial charge in [0.05, 0.1) is 11.0 Å². The molecule has 2 fully saturated rings. The van der Waals surface area contributed by atoms with Gasteiger partial charge in [-0.05, 0) is 50.3 Å². The molecular weight excluding hydrogens is 340 g/mol. The van der Waals surface area contributed by atoms with Crippen molar-refractivity contribution in [3.8, 4) is 0 Å². The standard InChI is InChI=1S/C18H26N2O4S/c1-14-7-8-15(18(21)19-13-16-6-5-11-24-16)12-17(14)25(22,23)20-9-3-2-4-10-20/h7-8,12,16H,2-6,9-11,13H2,1H3,(H,19,21)/t16-/m0/s1. The Morgan fingerprint density at radius 3 is 2.68 bits per heavy atom. The Hall–Kier alpha value is -1.44. The van der Waals surface area contributed by atoms with Gasteiger partial charge in [0.1, 0.15) is 0 Å². The molecule has 0 spiro atoms. The summed E-state index contributed by atoms with van der Waals surface area (Å²) in [4.78, 5) is 12.6. The van der Waals surface area contributed by atoms with Crippen molar-refractivity contribution in [1.29, 1.82) is 0 Å². The smallest absolute Gasteiger partial charge is 0.251 e. The molecule has 0 bridgehead atoms. The monoisotopic (exact) mass is 366 g/mol. The summed E-state index contributed by atoms with van der Waals surface area (Å²) in [6, 6.07) is 4.89. The van der Waals surface area contributed by atoms with E-state index in [1.807, 2.05) is 0 Å². The van der Waals surface area contributed by atoms with Crippen LogP contribution < -0.4 is 5.32 Å². The third kappa shape index (κ3) is 4.22. The van der Waals surface area contributed by atoms with Gasteiger partial charge in [0.2, 0.25) is 10.0 Å². The number of carbonyl (C=O) groups is 1.